The summed E-state index contributed by atoms with van der Waals surface area (Å²) in [6, 6.07) is 24.7. The molecular weight excluding hydrogens is 444 g/mol. The topological polar surface area (TPSA) is 74.1 Å². The van der Waals surface area contributed by atoms with Gasteiger partial charge in [-0.05, 0) is 43.2 Å². The first-order valence-electron chi connectivity index (χ1n) is 11.2. The predicted octanol–water partition coefficient (Wildman–Crippen LogP) is 4.96. The minimum atomic E-state index is -0.523. The number of para-hydroxylation sites is 2. The number of nitrogens with zero attached hydrogens (tertiary/aromatic N) is 3. The second kappa shape index (κ2) is 9.27. The molecular formula is C27H24N4O2S. The van der Waals surface area contributed by atoms with E-state index in [1.165, 1.54) is 11.8 Å². The number of amides is 2. The highest BCUT2D eigenvalue weighted by molar-refractivity contribution is 8.15. The van der Waals surface area contributed by atoms with Crippen LogP contribution in [-0.4, -0.2) is 39.0 Å². The summed E-state index contributed by atoms with van der Waals surface area (Å²) in [6.45, 7) is 3.77. The van der Waals surface area contributed by atoms with E-state index in [0.29, 0.717) is 17.4 Å². The number of anilines is 1. The van der Waals surface area contributed by atoms with Crippen molar-refractivity contribution in [2.24, 2.45) is 9.98 Å². The van der Waals surface area contributed by atoms with Gasteiger partial charge in [-0.3, -0.25) is 14.6 Å². The third-order valence-corrected chi connectivity index (χ3v) is 6.93. The van der Waals surface area contributed by atoms with Crippen LogP contribution in [0.25, 0.3) is 0 Å². The minimum absolute atomic E-state index is 0.119. The second-order valence-electron chi connectivity index (χ2n) is 8.31. The SMILES string of the molecule is Cc1ccccc1NC(=O)[C@@H](C)SC1=Nc2ccccc2C2=N[C@H](Cc3ccccc3)C(=O)N12. The number of amidine groups is 2. The average molecular weight is 469 g/mol. The summed E-state index contributed by atoms with van der Waals surface area (Å²) >= 11 is 1.27. The summed E-state index contributed by atoms with van der Waals surface area (Å²) in [5, 5.41) is 2.99. The summed E-state index contributed by atoms with van der Waals surface area (Å²) < 4.78 is 0. The average Bonchev–Trinajstić information content (AvgIpc) is 3.17. The van der Waals surface area contributed by atoms with Crippen molar-refractivity contribution in [2.75, 3.05) is 5.32 Å². The van der Waals surface area contributed by atoms with Crippen molar-refractivity contribution in [1.82, 2.24) is 4.90 Å². The molecule has 0 radical (unpaired) electrons. The van der Waals surface area contributed by atoms with Gasteiger partial charge in [-0.25, -0.2) is 9.89 Å². The van der Waals surface area contributed by atoms with E-state index >= 15 is 0 Å². The molecule has 2 aliphatic heterocycles. The van der Waals surface area contributed by atoms with Gasteiger partial charge in [-0.2, -0.15) is 0 Å². The van der Waals surface area contributed by atoms with Gasteiger partial charge >= 0.3 is 0 Å². The highest BCUT2D eigenvalue weighted by Gasteiger charge is 2.42. The molecule has 2 amide bonds. The maximum Gasteiger partial charge on any atom is 0.259 e. The second-order valence-corrected chi connectivity index (χ2v) is 9.62. The lowest BCUT2D eigenvalue weighted by atomic mass is 10.1. The van der Waals surface area contributed by atoms with Gasteiger partial charge in [0.25, 0.3) is 5.91 Å². The first-order chi connectivity index (χ1) is 16.5. The quantitative estimate of drug-likeness (QED) is 0.575. The Morgan fingerprint density at radius 2 is 1.74 bits per heavy atom. The van der Waals surface area contributed by atoms with Gasteiger partial charge in [0, 0.05) is 17.7 Å². The Morgan fingerprint density at radius 3 is 2.53 bits per heavy atom. The fraction of sp³-hybridized carbons (Fsp3) is 0.185. The smallest absolute Gasteiger partial charge is 0.259 e. The van der Waals surface area contributed by atoms with Crippen molar-refractivity contribution in [3.05, 3.63) is 95.6 Å². The first kappa shape index (κ1) is 22.1. The molecule has 0 spiro atoms. The van der Waals surface area contributed by atoms with E-state index in [-0.39, 0.29) is 11.8 Å². The predicted molar refractivity (Wildman–Crippen MR) is 138 cm³/mol. The monoisotopic (exact) mass is 468 g/mol. The zero-order chi connectivity index (χ0) is 23.7. The van der Waals surface area contributed by atoms with Crippen LogP contribution in [0.1, 0.15) is 23.6 Å². The third kappa shape index (κ3) is 4.26. The van der Waals surface area contributed by atoms with Crippen LogP contribution < -0.4 is 5.32 Å². The molecule has 0 aliphatic carbocycles. The number of benzene rings is 3. The Kier molecular flexibility index (Phi) is 6.02. The number of carbonyl (C=O) groups excluding carboxylic acids is 2. The highest BCUT2D eigenvalue weighted by atomic mass is 32.2. The van der Waals surface area contributed by atoms with E-state index in [1.807, 2.05) is 92.7 Å². The van der Waals surface area contributed by atoms with Crippen LogP contribution in [0.4, 0.5) is 11.4 Å². The Hall–Kier alpha value is -3.71. The van der Waals surface area contributed by atoms with Gasteiger partial charge in [0.15, 0.2) is 5.17 Å². The van der Waals surface area contributed by atoms with Gasteiger partial charge in [0.2, 0.25) is 5.91 Å². The number of carbonyl (C=O) groups is 2. The van der Waals surface area contributed by atoms with Gasteiger partial charge in [-0.15, -0.1) is 0 Å². The lowest BCUT2D eigenvalue weighted by molar-refractivity contribution is -0.124. The minimum Gasteiger partial charge on any atom is -0.325 e. The molecule has 6 nitrogen and oxygen atoms in total. The zero-order valence-electron chi connectivity index (χ0n) is 18.9. The van der Waals surface area contributed by atoms with Crippen molar-refractivity contribution in [3.8, 4) is 0 Å². The maximum absolute atomic E-state index is 13.5. The Balaban J connectivity index is 1.41. The number of nitrogens with one attached hydrogen (secondary N) is 1. The van der Waals surface area contributed by atoms with E-state index in [9.17, 15) is 9.59 Å². The molecule has 170 valence electrons. The molecule has 1 N–H and O–H groups in total. The summed E-state index contributed by atoms with van der Waals surface area (Å²) in [7, 11) is 0. The Bertz CT molecular complexity index is 1320. The van der Waals surface area contributed by atoms with E-state index in [2.05, 4.69) is 5.32 Å². The Labute approximate surface area is 202 Å². The fourth-order valence-corrected chi connectivity index (χ4v) is 4.93. The van der Waals surface area contributed by atoms with Crippen LogP contribution in [-0.2, 0) is 16.0 Å². The molecule has 2 heterocycles. The first-order valence-corrected chi connectivity index (χ1v) is 12.1. The molecule has 5 rings (SSSR count). The molecule has 2 aliphatic rings. The number of thioether (sulfide) groups is 1. The highest BCUT2D eigenvalue weighted by Crippen LogP contribution is 2.35. The molecule has 0 unspecified atom stereocenters. The van der Waals surface area contributed by atoms with Gasteiger partial charge in [-0.1, -0.05) is 72.4 Å². The standard InChI is InChI=1S/C27H24N4O2S/c1-17-10-6-8-14-21(17)29-25(32)18(2)34-27-30-22-15-9-7-13-20(22)24-28-23(26(33)31(24)27)16-19-11-4-3-5-12-19/h3-15,18,23H,16H2,1-2H3,(H,29,32)/t18-,23-/m1/s1. The molecule has 0 bridgehead atoms. The van der Waals surface area contributed by atoms with Gasteiger partial charge in [0.05, 0.1) is 10.9 Å². The number of aliphatic imine (C=N–C) groups is 2. The summed E-state index contributed by atoms with van der Waals surface area (Å²) in [6.07, 6.45) is 0.517. The van der Waals surface area contributed by atoms with Crippen molar-refractivity contribution in [1.29, 1.82) is 0 Å². The molecule has 0 aromatic heterocycles. The largest absolute Gasteiger partial charge is 0.325 e. The summed E-state index contributed by atoms with van der Waals surface area (Å²) in [4.78, 5) is 37.6. The van der Waals surface area contributed by atoms with E-state index in [0.717, 1.165) is 28.1 Å². The normalized spacial score (nSPS) is 17.4. The van der Waals surface area contributed by atoms with Crippen LogP contribution in [0.5, 0.6) is 0 Å². The summed E-state index contributed by atoms with van der Waals surface area (Å²) in [5.41, 5.74) is 4.39. The molecule has 0 fully saturated rings. The van der Waals surface area contributed by atoms with E-state index < -0.39 is 11.3 Å². The van der Waals surface area contributed by atoms with E-state index in [4.69, 9.17) is 9.98 Å². The van der Waals surface area contributed by atoms with Crippen molar-refractivity contribution in [2.45, 2.75) is 31.6 Å². The molecule has 7 heteroatoms. The van der Waals surface area contributed by atoms with Crippen LogP contribution in [0.15, 0.2) is 88.8 Å². The third-order valence-electron chi connectivity index (χ3n) is 5.87. The van der Waals surface area contributed by atoms with Crippen LogP contribution in [0.2, 0.25) is 0 Å². The maximum atomic E-state index is 13.5. The van der Waals surface area contributed by atoms with Crippen molar-refractivity contribution < 1.29 is 9.59 Å². The molecule has 0 saturated carbocycles. The lowest BCUT2D eigenvalue weighted by Crippen LogP contribution is -2.42. The molecule has 2 atom stereocenters. The molecule has 3 aromatic carbocycles. The number of hydrogen-bond acceptors (Lipinski definition) is 5. The number of hydrogen-bond donors (Lipinski definition) is 1. The number of rotatable bonds is 5. The molecule has 0 saturated heterocycles. The fourth-order valence-electron chi connectivity index (χ4n) is 4.01. The summed E-state index contributed by atoms with van der Waals surface area (Å²) in [5.74, 6) is 0.337. The van der Waals surface area contributed by atoms with Crippen LogP contribution in [0.3, 0.4) is 0 Å². The van der Waals surface area contributed by atoms with Gasteiger partial charge in [0.1, 0.15) is 11.9 Å². The molecule has 3 aromatic rings. The lowest BCUT2D eigenvalue weighted by Gasteiger charge is -2.27. The number of fused-ring (bicyclic) bond motifs is 3. The van der Waals surface area contributed by atoms with Crippen LogP contribution >= 0.6 is 11.8 Å². The van der Waals surface area contributed by atoms with E-state index in [1.54, 1.807) is 4.90 Å². The van der Waals surface area contributed by atoms with Gasteiger partial charge < -0.3 is 5.32 Å². The Morgan fingerprint density at radius 1 is 1.03 bits per heavy atom. The van der Waals surface area contributed by atoms with Crippen molar-refractivity contribution in [3.63, 3.8) is 0 Å². The zero-order valence-corrected chi connectivity index (χ0v) is 19.8. The molecule has 34 heavy (non-hydrogen) atoms. The van der Waals surface area contributed by atoms with Crippen molar-refractivity contribution >= 4 is 46.0 Å². The van der Waals surface area contributed by atoms with Crippen LogP contribution in [0, 0.1) is 6.92 Å². The number of aryl methyl sites for hydroxylation is 1.